The van der Waals surface area contributed by atoms with E-state index in [0.717, 1.165) is 0 Å². The van der Waals surface area contributed by atoms with E-state index in [2.05, 4.69) is 0 Å². The molecule has 0 aliphatic carbocycles. The number of carbonyl (C=O) groups is 2. The van der Waals surface area contributed by atoms with Crippen molar-refractivity contribution in [2.45, 2.75) is 0 Å². The third kappa shape index (κ3) is 1.18. The number of hydrogen-bond donors (Lipinski definition) is 0. The predicted octanol–water partition coefficient (Wildman–Crippen LogP) is 1.81. The van der Waals surface area contributed by atoms with Crippen molar-refractivity contribution >= 4 is 11.8 Å². The Hall–Kier alpha value is -2.36. The first-order valence-corrected chi connectivity index (χ1v) is 5.18. The van der Waals surface area contributed by atoms with Gasteiger partial charge in [-0.1, -0.05) is 6.07 Å². The number of benzene rings is 1. The van der Waals surface area contributed by atoms with Gasteiger partial charge < -0.3 is 9.30 Å². The van der Waals surface area contributed by atoms with Gasteiger partial charge in [0, 0.05) is 11.8 Å². The summed E-state index contributed by atoms with van der Waals surface area (Å²) in [5, 5.41) is 0. The summed E-state index contributed by atoms with van der Waals surface area (Å²) in [5.74, 6) is -0.494. The number of rotatable bonds is 1. The van der Waals surface area contributed by atoms with Crippen LogP contribution in [0.5, 0.6) is 0 Å². The topological polar surface area (TPSA) is 48.3 Å². The Kier molecular flexibility index (Phi) is 1.92. The van der Waals surface area contributed by atoms with Gasteiger partial charge in [-0.05, 0) is 24.3 Å². The zero-order valence-corrected chi connectivity index (χ0v) is 9.14. The Bertz CT molecular complexity index is 640. The molecule has 4 heteroatoms. The fourth-order valence-corrected chi connectivity index (χ4v) is 2.16. The second-order valence-corrected chi connectivity index (χ2v) is 3.79. The minimum atomic E-state index is -0.434. The molecule has 0 fully saturated rings. The van der Waals surface area contributed by atoms with E-state index in [0.29, 0.717) is 22.5 Å². The Balaban J connectivity index is 2.34. The molecule has 2 aromatic rings. The van der Waals surface area contributed by atoms with E-state index in [-0.39, 0.29) is 5.78 Å². The van der Waals surface area contributed by atoms with Gasteiger partial charge in [-0.25, -0.2) is 4.79 Å². The summed E-state index contributed by atoms with van der Waals surface area (Å²) in [7, 11) is 1.33. The average molecular weight is 227 g/mol. The van der Waals surface area contributed by atoms with Crippen molar-refractivity contribution in [2.24, 2.45) is 0 Å². The summed E-state index contributed by atoms with van der Waals surface area (Å²) in [6, 6.07) is 8.59. The molecule has 1 aliphatic heterocycles. The highest BCUT2D eigenvalue weighted by molar-refractivity contribution is 6.16. The number of nitrogens with zero attached hydrogens (tertiary/aromatic N) is 1. The van der Waals surface area contributed by atoms with E-state index in [4.69, 9.17) is 4.74 Å². The van der Waals surface area contributed by atoms with Crippen molar-refractivity contribution in [1.29, 1.82) is 0 Å². The van der Waals surface area contributed by atoms with Gasteiger partial charge in [0.1, 0.15) is 0 Å². The minimum absolute atomic E-state index is 0.0595. The van der Waals surface area contributed by atoms with Gasteiger partial charge in [0.15, 0.2) is 0 Å². The normalized spacial score (nSPS) is 12.2. The number of carbonyl (C=O) groups excluding carboxylic acids is 2. The van der Waals surface area contributed by atoms with E-state index < -0.39 is 5.97 Å². The molecular weight excluding hydrogens is 218 g/mol. The summed E-state index contributed by atoms with van der Waals surface area (Å²) in [6.45, 7) is 0. The van der Waals surface area contributed by atoms with Crippen LogP contribution < -0.4 is 0 Å². The van der Waals surface area contributed by atoms with Crippen LogP contribution in [0.1, 0.15) is 26.4 Å². The van der Waals surface area contributed by atoms with Crippen molar-refractivity contribution in [3.63, 3.8) is 0 Å². The molecule has 0 saturated heterocycles. The van der Waals surface area contributed by atoms with Gasteiger partial charge in [-0.3, -0.25) is 4.79 Å². The summed E-state index contributed by atoms with van der Waals surface area (Å²) in [5.41, 5.74) is 2.15. The lowest BCUT2D eigenvalue weighted by molar-refractivity contribution is 0.0601. The lowest BCUT2D eigenvalue weighted by Crippen LogP contribution is -2.06. The highest BCUT2D eigenvalue weighted by Crippen LogP contribution is 2.31. The van der Waals surface area contributed by atoms with Crippen LogP contribution in [0, 0.1) is 0 Å². The van der Waals surface area contributed by atoms with Gasteiger partial charge in [0.25, 0.3) is 0 Å². The number of ether oxygens (including phenoxy) is 1. The van der Waals surface area contributed by atoms with E-state index in [1.807, 2.05) is 0 Å². The first-order chi connectivity index (χ1) is 8.24. The lowest BCUT2D eigenvalue weighted by atomic mass is 10.1. The minimum Gasteiger partial charge on any atom is -0.465 e. The molecule has 0 saturated carbocycles. The fraction of sp³-hybridized carbons (Fsp3) is 0.0769. The zero-order valence-electron chi connectivity index (χ0n) is 9.14. The van der Waals surface area contributed by atoms with Crippen LogP contribution in [-0.4, -0.2) is 23.4 Å². The third-order valence-electron chi connectivity index (χ3n) is 2.91. The molecule has 1 aliphatic rings. The van der Waals surface area contributed by atoms with E-state index >= 15 is 0 Å². The molecule has 4 nitrogen and oxygen atoms in total. The van der Waals surface area contributed by atoms with Crippen molar-refractivity contribution in [2.75, 3.05) is 7.11 Å². The Morgan fingerprint density at radius 3 is 2.82 bits per heavy atom. The molecule has 17 heavy (non-hydrogen) atoms. The van der Waals surface area contributed by atoms with Crippen LogP contribution in [0.3, 0.4) is 0 Å². The number of methoxy groups -OCH3 is 1. The second kappa shape index (κ2) is 3.31. The molecule has 2 heterocycles. The maximum atomic E-state index is 12.0. The number of para-hydroxylation sites is 1. The molecule has 0 N–H and O–H groups in total. The van der Waals surface area contributed by atoms with Crippen molar-refractivity contribution in [3.8, 4) is 5.69 Å². The molecule has 0 unspecified atom stereocenters. The van der Waals surface area contributed by atoms with E-state index in [1.165, 1.54) is 7.11 Å². The Morgan fingerprint density at radius 2 is 2.06 bits per heavy atom. The van der Waals surface area contributed by atoms with Gasteiger partial charge in [-0.15, -0.1) is 0 Å². The quantitative estimate of drug-likeness (QED) is 0.596. The first-order valence-electron chi connectivity index (χ1n) is 5.18. The number of aromatic nitrogens is 1. The Morgan fingerprint density at radius 1 is 1.24 bits per heavy atom. The average Bonchev–Trinajstić information content (AvgIpc) is 2.92. The van der Waals surface area contributed by atoms with E-state index in [9.17, 15) is 9.59 Å². The lowest BCUT2D eigenvalue weighted by Gasteiger charge is -2.07. The van der Waals surface area contributed by atoms with Crippen LogP contribution in [0.4, 0.5) is 0 Å². The number of ketones is 1. The van der Waals surface area contributed by atoms with Gasteiger partial charge in [0.05, 0.1) is 24.1 Å². The molecule has 3 rings (SSSR count). The highest BCUT2D eigenvalue weighted by Gasteiger charge is 2.30. The molecule has 0 amide bonds. The number of fused-ring (bicyclic) bond motifs is 3. The van der Waals surface area contributed by atoms with Crippen LogP contribution >= 0.6 is 0 Å². The van der Waals surface area contributed by atoms with E-state index in [1.54, 1.807) is 41.1 Å². The molecule has 1 aromatic carbocycles. The van der Waals surface area contributed by atoms with Gasteiger partial charge in [0.2, 0.25) is 5.78 Å². The molecule has 1 aromatic heterocycles. The summed E-state index contributed by atoms with van der Waals surface area (Å²) < 4.78 is 6.45. The molecule has 0 spiro atoms. The predicted molar refractivity (Wildman–Crippen MR) is 60.5 cm³/mol. The summed E-state index contributed by atoms with van der Waals surface area (Å²) in [6.07, 6.45) is 1.77. The first kappa shape index (κ1) is 9.84. The standard InChI is InChI=1S/C13H9NO3/c1-17-13(16)9-5-2-4-8-11(9)14-7-3-6-10(14)12(8)15/h2-7H,1H3. The largest absolute Gasteiger partial charge is 0.465 e. The smallest absolute Gasteiger partial charge is 0.340 e. The van der Waals surface area contributed by atoms with Crippen LogP contribution in [0.25, 0.3) is 5.69 Å². The second-order valence-electron chi connectivity index (χ2n) is 3.79. The maximum Gasteiger partial charge on any atom is 0.340 e. The number of hydrogen-bond acceptors (Lipinski definition) is 3. The van der Waals surface area contributed by atoms with Gasteiger partial charge in [-0.2, -0.15) is 0 Å². The number of esters is 1. The molecule has 0 atom stereocenters. The van der Waals surface area contributed by atoms with Crippen molar-refractivity contribution in [1.82, 2.24) is 4.57 Å². The van der Waals surface area contributed by atoms with Crippen LogP contribution in [0.2, 0.25) is 0 Å². The highest BCUT2D eigenvalue weighted by atomic mass is 16.5. The monoisotopic (exact) mass is 227 g/mol. The summed E-state index contributed by atoms with van der Waals surface area (Å²) >= 11 is 0. The molecule has 0 bridgehead atoms. The zero-order chi connectivity index (χ0) is 12.0. The maximum absolute atomic E-state index is 12.0. The molecule has 84 valence electrons. The summed E-state index contributed by atoms with van der Waals surface area (Å²) in [4.78, 5) is 23.7. The van der Waals surface area contributed by atoms with Crippen LogP contribution in [0.15, 0.2) is 36.5 Å². The van der Waals surface area contributed by atoms with Crippen molar-refractivity contribution < 1.29 is 14.3 Å². The van der Waals surface area contributed by atoms with Crippen LogP contribution in [-0.2, 0) is 4.74 Å². The SMILES string of the molecule is COC(=O)c1cccc2c1-n1cccc1C2=O. The third-order valence-corrected chi connectivity index (χ3v) is 2.91. The molecule has 0 radical (unpaired) electrons. The Labute approximate surface area is 97.4 Å². The van der Waals surface area contributed by atoms with Crippen molar-refractivity contribution in [3.05, 3.63) is 53.3 Å². The van der Waals surface area contributed by atoms with Gasteiger partial charge >= 0.3 is 5.97 Å². The molecular formula is C13H9NO3. The fourth-order valence-electron chi connectivity index (χ4n) is 2.16.